The highest BCUT2D eigenvalue weighted by Gasteiger charge is 2.20. The molecule has 1 aromatic carbocycles. The number of morpholine rings is 2. The Kier molecular flexibility index (Phi) is 7.37. The van der Waals surface area contributed by atoms with Gasteiger partial charge < -0.3 is 24.4 Å². The molecule has 10 nitrogen and oxygen atoms in total. The van der Waals surface area contributed by atoms with Crippen LogP contribution >= 0.6 is 45.2 Å². The third kappa shape index (κ3) is 5.39. The molecule has 1 aromatic heterocycles. The van der Waals surface area contributed by atoms with Gasteiger partial charge >= 0.3 is 0 Å². The summed E-state index contributed by atoms with van der Waals surface area (Å²) in [6, 6.07) is 3.76. The van der Waals surface area contributed by atoms with E-state index in [-0.39, 0.29) is 5.75 Å². The number of phenolic OH excluding ortho intramolecular Hbond substituents is 1. The molecule has 0 atom stereocenters. The van der Waals surface area contributed by atoms with E-state index >= 15 is 0 Å². The first-order chi connectivity index (χ1) is 14.6. The van der Waals surface area contributed by atoms with Crippen molar-refractivity contribution in [3.05, 3.63) is 24.8 Å². The molecule has 12 heteroatoms. The Morgan fingerprint density at radius 3 is 2.07 bits per heavy atom. The number of nitrogens with one attached hydrogen (secondary N) is 1. The fourth-order valence-corrected chi connectivity index (χ4v) is 4.95. The first-order valence-electron chi connectivity index (χ1n) is 9.49. The average molecular weight is 637 g/mol. The van der Waals surface area contributed by atoms with Crippen LogP contribution < -0.4 is 15.2 Å². The number of ether oxygens (including phenoxy) is 2. The molecule has 0 unspecified atom stereocenters. The van der Waals surface area contributed by atoms with Gasteiger partial charge in [-0.15, -0.1) is 0 Å². The van der Waals surface area contributed by atoms with Crippen LogP contribution in [-0.2, 0) is 9.47 Å². The Morgan fingerprint density at radius 2 is 1.50 bits per heavy atom. The summed E-state index contributed by atoms with van der Waals surface area (Å²) in [5.74, 6) is 1.74. The summed E-state index contributed by atoms with van der Waals surface area (Å²) in [6.45, 7) is 5.48. The average Bonchev–Trinajstić information content (AvgIpc) is 2.78. The smallest absolute Gasteiger partial charge is 0.250 e. The molecule has 2 aromatic rings. The predicted molar refractivity (Wildman–Crippen MR) is 131 cm³/mol. The van der Waals surface area contributed by atoms with E-state index in [9.17, 15) is 5.11 Å². The van der Waals surface area contributed by atoms with Gasteiger partial charge in [0.15, 0.2) is 0 Å². The summed E-state index contributed by atoms with van der Waals surface area (Å²) in [5, 5.41) is 14.5. The molecule has 2 saturated heterocycles. The number of nitrogens with zero attached hydrogens (tertiary/aromatic N) is 6. The van der Waals surface area contributed by atoms with Gasteiger partial charge in [-0.2, -0.15) is 20.1 Å². The lowest BCUT2D eigenvalue weighted by Crippen LogP contribution is -2.40. The van der Waals surface area contributed by atoms with Gasteiger partial charge in [-0.1, -0.05) is 0 Å². The van der Waals surface area contributed by atoms with Crippen molar-refractivity contribution in [1.82, 2.24) is 15.0 Å². The van der Waals surface area contributed by atoms with E-state index in [0.29, 0.717) is 49.8 Å². The maximum absolute atomic E-state index is 10.2. The first-order valence-corrected chi connectivity index (χ1v) is 11.6. The van der Waals surface area contributed by atoms with Crippen molar-refractivity contribution in [1.29, 1.82) is 0 Å². The Labute approximate surface area is 201 Å². The molecular weight excluding hydrogens is 616 g/mol. The Balaban J connectivity index is 1.58. The van der Waals surface area contributed by atoms with Gasteiger partial charge in [0.2, 0.25) is 17.8 Å². The van der Waals surface area contributed by atoms with Gasteiger partial charge in [0.05, 0.1) is 36.2 Å². The Hall–Kier alpha value is -1.52. The highest BCUT2D eigenvalue weighted by atomic mass is 127. The number of hydrogen-bond donors (Lipinski definition) is 2. The second kappa shape index (κ2) is 10.2. The van der Waals surface area contributed by atoms with E-state index < -0.39 is 0 Å². The van der Waals surface area contributed by atoms with E-state index in [1.165, 1.54) is 0 Å². The lowest BCUT2D eigenvalue weighted by atomic mass is 10.2. The molecule has 3 heterocycles. The largest absolute Gasteiger partial charge is 0.506 e. The third-order valence-electron chi connectivity index (χ3n) is 4.63. The summed E-state index contributed by atoms with van der Waals surface area (Å²) < 4.78 is 12.7. The van der Waals surface area contributed by atoms with Crippen LogP contribution in [0.15, 0.2) is 17.2 Å². The lowest BCUT2D eigenvalue weighted by Gasteiger charge is -2.30. The van der Waals surface area contributed by atoms with Gasteiger partial charge in [0.25, 0.3) is 0 Å². The van der Waals surface area contributed by atoms with Gasteiger partial charge in [0.1, 0.15) is 5.75 Å². The van der Waals surface area contributed by atoms with E-state index in [1.54, 1.807) is 6.21 Å². The molecule has 2 aliphatic rings. The summed E-state index contributed by atoms with van der Waals surface area (Å²) in [4.78, 5) is 17.9. The van der Waals surface area contributed by atoms with E-state index in [0.717, 1.165) is 33.3 Å². The number of phenols is 1. The number of rotatable bonds is 5. The van der Waals surface area contributed by atoms with Crippen molar-refractivity contribution in [3.8, 4) is 5.75 Å². The quantitative estimate of drug-likeness (QED) is 0.289. The second-order valence-corrected chi connectivity index (χ2v) is 9.06. The molecule has 0 amide bonds. The number of hydrogen-bond acceptors (Lipinski definition) is 10. The van der Waals surface area contributed by atoms with Crippen molar-refractivity contribution < 1.29 is 14.6 Å². The molecule has 4 rings (SSSR count). The number of hydrazone groups is 1. The molecule has 0 bridgehead atoms. The summed E-state index contributed by atoms with van der Waals surface area (Å²) >= 11 is 4.30. The third-order valence-corrected chi connectivity index (χ3v) is 6.07. The zero-order chi connectivity index (χ0) is 20.9. The monoisotopic (exact) mass is 637 g/mol. The van der Waals surface area contributed by atoms with Gasteiger partial charge in [-0.05, 0) is 57.3 Å². The van der Waals surface area contributed by atoms with Crippen molar-refractivity contribution in [3.63, 3.8) is 0 Å². The van der Waals surface area contributed by atoms with Crippen molar-refractivity contribution in [2.45, 2.75) is 0 Å². The fourth-order valence-electron chi connectivity index (χ4n) is 3.06. The second-order valence-electron chi connectivity index (χ2n) is 6.65. The van der Waals surface area contributed by atoms with E-state index in [4.69, 9.17) is 9.47 Å². The molecule has 2 N–H and O–H groups in total. The summed E-state index contributed by atoms with van der Waals surface area (Å²) in [5.41, 5.74) is 3.51. The molecule has 2 aliphatic heterocycles. The van der Waals surface area contributed by atoms with Crippen molar-refractivity contribution >= 4 is 69.2 Å². The van der Waals surface area contributed by atoms with Crippen LogP contribution in [-0.4, -0.2) is 78.9 Å². The van der Waals surface area contributed by atoms with Crippen LogP contribution in [0.4, 0.5) is 17.8 Å². The SMILES string of the molecule is Oc1c(I)cc(I)cc1/C=N/Nc1nc(N2CCOCC2)nc(N2CCOCC2)n1. The number of aromatic nitrogens is 3. The van der Waals surface area contributed by atoms with Crippen LogP contribution in [0.2, 0.25) is 0 Å². The minimum atomic E-state index is 0.195. The molecular formula is C18H21I2N7O3. The van der Waals surface area contributed by atoms with Crippen LogP contribution in [0.5, 0.6) is 5.75 Å². The molecule has 0 saturated carbocycles. The van der Waals surface area contributed by atoms with Crippen molar-refractivity contribution in [2.24, 2.45) is 5.10 Å². The minimum Gasteiger partial charge on any atom is -0.506 e. The normalized spacial score (nSPS) is 17.5. The fraction of sp³-hybridized carbons (Fsp3) is 0.444. The van der Waals surface area contributed by atoms with Crippen LogP contribution in [0.25, 0.3) is 0 Å². The maximum Gasteiger partial charge on any atom is 0.250 e. The highest BCUT2D eigenvalue weighted by Crippen LogP contribution is 2.26. The van der Waals surface area contributed by atoms with Gasteiger partial charge in [-0.3, -0.25) is 0 Å². The first kappa shape index (κ1) is 21.7. The molecule has 0 spiro atoms. The van der Waals surface area contributed by atoms with Crippen LogP contribution in [0.1, 0.15) is 5.56 Å². The van der Waals surface area contributed by atoms with E-state index in [2.05, 4.69) is 80.5 Å². The number of anilines is 3. The maximum atomic E-state index is 10.2. The Morgan fingerprint density at radius 1 is 0.933 bits per heavy atom. The standard InChI is InChI=1S/C18H21I2N7O3/c19-13-9-12(15(28)14(20)10-13)11-21-25-16-22-17(26-1-5-29-6-2-26)24-18(23-16)27-3-7-30-8-4-27/h9-11,28H,1-8H2,(H,22,23,24,25)/b21-11+. The number of aromatic hydroxyl groups is 1. The number of halogens is 2. The predicted octanol–water partition coefficient (Wildman–Crippen LogP) is 1.91. The number of benzene rings is 1. The molecule has 0 radical (unpaired) electrons. The van der Waals surface area contributed by atoms with Crippen LogP contribution in [0.3, 0.4) is 0 Å². The van der Waals surface area contributed by atoms with Crippen molar-refractivity contribution in [2.75, 3.05) is 67.8 Å². The summed E-state index contributed by atoms with van der Waals surface area (Å²) in [6.07, 6.45) is 1.56. The molecule has 0 aliphatic carbocycles. The van der Waals surface area contributed by atoms with Crippen LogP contribution in [0, 0.1) is 7.14 Å². The molecule has 30 heavy (non-hydrogen) atoms. The zero-order valence-electron chi connectivity index (χ0n) is 16.1. The zero-order valence-corrected chi connectivity index (χ0v) is 20.4. The Bertz CT molecular complexity index is 883. The summed E-state index contributed by atoms with van der Waals surface area (Å²) in [7, 11) is 0. The lowest BCUT2D eigenvalue weighted by molar-refractivity contribution is 0.121. The molecule has 2 fully saturated rings. The van der Waals surface area contributed by atoms with Gasteiger partial charge in [0, 0.05) is 35.3 Å². The molecule has 160 valence electrons. The van der Waals surface area contributed by atoms with E-state index in [1.807, 2.05) is 12.1 Å². The highest BCUT2D eigenvalue weighted by molar-refractivity contribution is 14.1. The van der Waals surface area contributed by atoms with Gasteiger partial charge in [-0.25, -0.2) is 5.43 Å². The topological polar surface area (TPSA) is 108 Å². The minimum absolute atomic E-state index is 0.195.